The number of pyridine rings is 6. The summed E-state index contributed by atoms with van der Waals surface area (Å²) in [6, 6.07) is 31.6. The lowest BCUT2D eigenvalue weighted by Crippen LogP contribution is -2.27. The lowest BCUT2D eigenvalue weighted by molar-refractivity contribution is 0.0635. The summed E-state index contributed by atoms with van der Waals surface area (Å²) in [5, 5.41) is 2.75. The summed E-state index contributed by atoms with van der Waals surface area (Å²) in [7, 11) is 0. The van der Waals surface area contributed by atoms with E-state index in [2.05, 4.69) is 34.0 Å². The molecule has 0 aromatic carbocycles. The Hall–Kier alpha value is -8.60. The normalized spacial score (nSPS) is 20.5. The predicted molar refractivity (Wildman–Crippen MR) is 306 cm³/mol. The highest BCUT2D eigenvalue weighted by Gasteiger charge is 2.44. The van der Waals surface area contributed by atoms with Gasteiger partial charge in [-0.1, -0.05) is 18.2 Å². The van der Waals surface area contributed by atoms with Crippen LogP contribution in [0.3, 0.4) is 0 Å². The molecule has 9 aromatic heterocycles. The van der Waals surface area contributed by atoms with Crippen molar-refractivity contribution in [1.29, 1.82) is 0 Å². The van der Waals surface area contributed by atoms with Gasteiger partial charge in [0.15, 0.2) is 0 Å². The number of nitrogens with one attached hydrogen (secondary N) is 1. The van der Waals surface area contributed by atoms with Crippen molar-refractivity contribution >= 4 is 23.5 Å². The number of nitrogens with two attached hydrogens (primary N) is 2. The zero-order chi connectivity index (χ0) is 54.3. The SMILES string of the molecule is Cc1cccc(-c2nc3n(c2-c2ccnc(N)c2)C2CCC3C2)n1.Cc1cccc(-c2nc3n(c2-c2ccnc(N)c2)C2CCC3C2)n1.Cc1cccc(-c2nc3n(c2-c2ccnc(NC(=O)OC(C)(C)C)c2)C2CCC3C2)n1. The molecular formula is C62H65N15O2. The average Bonchev–Trinajstić information content (AvgIpc) is 4.21. The van der Waals surface area contributed by atoms with E-state index >= 15 is 0 Å². The molecule has 1 amide bonds. The lowest BCUT2D eigenvalue weighted by Gasteiger charge is -2.20. The molecule has 17 nitrogen and oxygen atoms in total. The van der Waals surface area contributed by atoms with E-state index in [1.807, 2.05) is 133 Å². The first-order valence-electron chi connectivity index (χ1n) is 27.8. The van der Waals surface area contributed by atoms with Gasteiger partial charge in [-0.25, -0.2) is 34.7 Å². The topological polar surface area (TPSA) is 221 Å². The van der Waals surface area contributed by atoms with Gasteiger partial charge in [-0.3, -0.25) is 20.3 Å². The quantitative estimate of drug-likeness (QED) is 0.135. The summed E-state index contributed by atoms with van der Waals surface area (Å²) in [6.45, 7) is 11.5. The molecule has 12 heterocycles. The van der Waals surface area contributed by atoms with Gasteiger partial charge in [0, 0.05) is 88.2 Å². The number of carbonyl (C=O) groups excluding carboxylic acids is 1. The summed E-state index contributed by atoms with van der Waals surface area (Å²) in [5.74, 6) is 6.81. The zero-order valence-electron chi connectivity index (χ0n) is 45.6. The van der Waals surface area contributed by atoms with Gasteiger partial charge in [-0.2, -0.15) is 0 Å². The molecule has 79 heavy (non-hydrogen) atoms. The number of imidazole rings is 3. The Kier molecular flexibility index (Phi) is 12.4. The number of hydrogen-bond donors (Lipinski definition) is 3. The summed E-state index contributed by atoms with van der Waals surface area (Å²) < 4.78 is 12.6. The molecule has 3 fully saturated rings. The van der Waals surface area contributed by atoms with Crippen molar-refractivity contribution in [1.82, 2.24) is 58.6 Å². The molecule has 6 bridgehead atoms. The molecule has 3 aliphatic carbocycles. The van der Waals surface area contributed by atoms with Gasteiger partial charge >= 0.3 is 6.09 Å². The van der Waals surface area contributed by atoms with E-state index in [-0.39, 0.29) is 0 Å². The number of nitrogens with zero attached hydrogens (tertiary/aromatic N) is 12. The highest BCUT2D eigenvalue weighted by Crippen LogP contribution is 2.55. The maximum atomic E-state index is 12.2. The Morgan fingerprint density at radius 3 is 1.23 bits per heavy atom. The maximum Gasteiger partial charge on any atom is 0.413 e. The van der Waals surface area contributed by atoms with Crippen molar-refractivity contribution in [3.05, 3.63) is 144 Å². The summed E-state index contributed by atoms with van der Waals surface area (Å²) in [4.78, 5) is 54.1. The van der Waals surface area contributed by atoms with Gasteiger partial charge in [0.25, 0.3) is 0 Å². The van der Waals surface area contributed by atoms with E-state index < -0.39 is 11.7 Å². The number of amides is 1. The second kappa shape index (κ2) is 19.7. The lowest BCUT2D eigenvalue weighted by atomic mass is 10.1. The average molecular weight is 1050 g/mol. The second-order valence-corrected chi connectivity index (χ2v) is 23.1. The van der Waals surface area contributed by atoms with Crippen LogP contribution in [0.15, 0.2) is 110 Å². The first kappa shape index (κ1) is 49.9. The molecular weight excluding hydrogens is 987 g/mol. The molecule has 0 saturated heterocycles. The molecule has 6 aliphatic rings. The van der Waals surface area contributed by atoms with E-state index in [1.54, 1.807) is 18.6 Å². The largest absolute Gasteiger partial charge is 0.444 e. The van der Waals surface area contributed by atoms with E-state index in [0.717, 1.165) is 97.3 Å². The van der Waals surface area contributed by atoms with Gasteiger partial charge in [0.1, 0.15) is 57.6 Å². The summed E-state index contributed by atoms with van der Waals surface area (Å²) in [5.41, 5.74) is 26.3. The molecule has 3 aliphatic heterocycles. The second-order valence-electron chi connectivity index (χ2n) is 23.1. The van der Waals surface area contributed by atoms with E-state index in [1.165, 1.54) is 63.0 Å². The Balaban J connectivity index is 0.000000114. The first-order chi connectivity index (χ1) is 38.2. The predicted octanol–water partition coefficient (Wildman–Crippen LogP) is 12.9. The third-order valence-electron chi connectivity index (χ3n) is 16.4. The number of anilines is 3. The number of aromatic nitrogens is 12. The molecule has 0 radical (unpaired) electrons. The number of rotatable bonds is 7. The minimum Gasteiger partial charge on any atom is -0.444 e. The summed E-state index contributed by atoms with van der Waals surface area (Å²) in [6.07, 6.45) is 15.7. The highest BCUT2D eigenvalue weighted by molar-refractivity contribution is 5.86. The van der Waals surface area contributed by atoms with Crippen molar-refractivity contribution in [2.24, 2.45) is 0 Å². The number of fused-ring (bicyclic) bond motifs is 15. The van der Waals surface area contributed by atoms with Crippen LogP contribution in [0.1, 0.15) is 149 Å². The number of ether oxygens (including phenoxy) is 1. The zero-order valence-corrected chi connectivity index (χ0v) is 45.6. The van der Waals surface area contributed by atoms with Gasteiger partial charge in [0.2, 0.25) is 0 Å². The van der Waals surface area contributed by atoms with Crippen molar-refractivity contribution in [2.75, 3.05) is 16.8 Å². The number of hydrogen-bond acceptors (Lipinski definition) is 13. The van der Waals surface area contributed by atoms with Crippen molar-refractivity contribution in [3.63, 3.8) is 0 Å². The number of aryl methyl sites for hydroxylation is 3. The maximum absolute atomic E-state index is 12.2. The van der Waals surface area contributed by atoms with Crippen LogP contribution in [-0.2, 0) is 4.74 Å². The van der Waals surface area contributed by atoms with Gasteiger partial charge in [-0.05, 0) is 172 Å². The van der Waals surface area contributed by atoms with Crippen LogP contribution in [0.4, 0.5) is 22.2 Å². The fourth-order valence-electron chi connectivity index (χ4n) is 13.2. The Labute approximate surface area is 459 Å². The molecule has 17 heteroatoms. The Morgan fingerprint density at radius 2 is 0.873 bits per heavy atom. The van der Waals surface area contributed by atoms with Crippen LogP contribution >= 0.6 is 0 Å². The number of nitrogen functional groups attached to an aromatic ring is 2. The third-order valence-corrected chi connectivity index (χ3v) is 16.4. The van der Waals surface area contributed by atoms with Crippen molar-refractivity contribution in [2.45, 2.75) is 141 Å². The van der Waals surface area contributed by atoms with E-state index in [0.29, 0.717) is 53.3 Å². The fraction of sp³-hybridized carbons (Fsp3) is 0.355. The molecule has 5 N–H and O–H groups in total. The van der Waals surface area contributed by atoms with Crippen LogP contribution in [0.25, 0.3) is 67.9 Å². The van der Waals surface area contributed by atoms with Crippen LogP contribution in [0.2, 0.25) is 0 Å². The highest BCUT2D eigenvalue weighted by atomic mass is 16.6. The molecule has 0 spiro atoms. The Morgan fingerprint density at radius 1 is 0.506 bits per heavy atom. The van der Waals surface area contributed by atoms with E-state index in [9.17, 15) is 4.79 Å². The van der Waals surface area contributed by atoms with Crippen LogP contribution in [0.5, 0.6) is 0 Å². The molecule has 6 unspecified atom stereocenters. The minimum atomic E-state index is -0.572. The van der Waals surface area contributed by atoms with E-state index in [4.69, 9.17) is 46.1 Å². The monoisotopic (exact) mass is 1050 g/mol. The molecule has 3 saturated carbocycles. The van der Waals surface area contributed by atoms with Crippen LogP contribution in [0, 0.1) is 20.8 Å². The van der Waals surface area contributed by atoms with Crippen LogP contribution in [-0.4, -0.2) is 70.3 Å². The number of carbonyl (C=O) groups is 1. The fourth-order valence-corrected chi connectivity index (χ4v) is 13.2. The molecule has 15 rings (SSSR count). The standard InChI is InChI=1S/C24H27N5O2.2C19H19N5/c1-14-6-5-7-18(26-14)20-21(29-17-9-8-16(12-17)22(29)28-20)15-10-11-25-19(13-15)27-23(30)31-24(2,3)4;2*1-11-3-2-4-15(22-11)17-18(12-7-8-21-16(20)10-12)24-14-6-5-13(9-14)19(24)23-17/h5-7,10-11,13,16-17H,8-9,12H2,1-4H3,(H,25,27,30);2*2-4,7-8,10,13-14H,5-6,9H2,1H3,(H2,20,21). The van der Waals surface area contributed by atoms with Gasteiger partial charge in [0.05, 0.1) is 34.2 Å². The molecule has 9 aromatic rings. The van der Waals surface area contributed by atoms with Gasteiger partial charge in [-0.15, -0.1) is 0 Å². The smallest absolute Gasteiger partial charge is 0.413 e. The first-order valence-corrected chi connectivity index (χ1v) is 27.8. The van der Waals surface area contributed by atoms with Gasteiger partial charge < -0.3 is 29.9 Å². The third kappa shape index (κ3) is 9.37. The van der Waals surface area contributed by atoms with Crippen LogP contribution < -0.4 is 16.8 Å². The molecule has 6 atom stereocenters. The van der Waals surface area contributed by atoms with Crippen molar-refractivity contribution < 1.29 is 9.53 Å². The summed E-state index contributed by atoms with van der Waals surface area (Å²) >= 11 is 0. The minimum absolute atomic E-state index is 0.452. The molecule has 400 valence electrons. The van der Waals surface area contributed by atoms with Crippen molar-refractivity contribution in [3.8, 4) is 67.9 Å². The Bertz CT molecular complexity index is 3670.